The van der Waals surface area contributed by atoms with Crippen LogP contribution in [-0.2, 0) is 16.1 Å². The van der Waals surface area contributed by atoms with Gasteiger partial charge in [0.15, 0.2) is 11.5 Å². The maximum atomic E-state index is 14.3. The number of hydrogen-bond acceptors (Lipinski definition) is 10. The number of aromatic nitrogens is 1. The highest BCUT2D eigenvalue weighted by Gasteiger charge is 2.38. The number of ether oxygens (including phenoxy) is 4. The van der Waals surface area contributed by atoms with Crippen LogP contribution in [-0.4, -0.2) is 112 Å². The fraction of sp³-hybridized carbons (Fsp3) is 0.381. The number of furan rings is 1. The molecule has 296 valence electrons. The fourth-order valence-electron chi connectivity index (χ4n) is 6.78. The van der Waals surface area contributed by atoms with E-state index in [0.29, 0.717) is 58.8 Å². The molecule has 56 heavy (non-hydrogen) atoms. The van der Waals surface area contributed by atoms with Crippen molar-refractivity contribution in [1.29, 1.82) is 0 Å². The summed E-state index contributed by atoms with van der Waals surface area (Å²) in [5.74, 6) is -0.172. The number of fused-ring (bicyclic) bond motifs is 4. The van der Waals surface area contributed by atoms with Crippen LogP contribution in [0.25, 0.3) is 21.9 Å². The molecule has 0 bridgehead atoms. The highest BCUT2D eigenvalue weighted by Crippen LogP contribution is 2.48. The van der Waals surface area contributed by atoms with Crippen molar-refractivity contribution in [3.05, 3.63) is 88.3 Å². The number of esters is 1. The van der Waals surface area contributed by atoms with E-state index < -0.39 is 18.2 Å². The maximum Gasteiger partial charge on any atom is 0.415 e. The highest BCUT2D eigenvalue weighted by atomic mass is 16.6. The van der Waals surface area contributed by atoms with Crippen LogP contribution in [0.5, 0.6) is 11.5 Å². The second-order valence-electron chi connectivity index (χ2n) is 14.4. The van der Waals surface area contributed by atoms with Crippen molar-refractivity contribution in [3.8, 4) is 11.5 Å². The van der Waals surface area contributed by atoms with Gasteiger partial charge in [-0.2, -0.15) is 0 Å². The Morgan fingerprint density at radius 3 is 2.30 bits per heavy atom. The molecule has 5 aromatic rings. The standard InChI is InChI=1S/C42H49N5O9/c1-9-28-23-47(39(48)34-21-29-20-30(14-15-32(29)55-34)53-19-18-44(4)5)31-22-33(38-37(36(28)31)35(26(3)43-38)40(49)52-8)56-42(51)46(7)17-16-45(6)41(50)54-24-27-12-10-25(2)11-13-27/h10-15,20-22,28,43H,9,16-19,23-24H2,1-8H3/t28-/m1/s1. The summed E-state index contributed by atoms with van der Waals surface area (Å²) >= 11 is 0. The van der Waals surface area contributed by atoms with Crippen LogP contribution in [0.1, 0.15) is 62.6 Å². The number of rotatable bonds is 13. The number of amides is 3. The number of benzene rings is 3. The molecule has 0 unspecified atom stereocenters. The van der Waals surface area contributed by atoms with Crippen molar-refractivity contribution in [2.75, 3.05) is 73.0 Å². The average Bonchev–Trinajstić information content (AvgIpc) is 3.88. The van der Waals surface area contributed by atoms with Gasteiger partial charge in [-0.25, -0.2) is 14.4 Å². The van der Waals surface area contributed by atoms with Crippen molar-refractivity contribution in [2.45, 2.75) is 39.7 Å². The van der Waals surface area contributed by atoms with Gasteiger partial charge in [0.05, 0.1) is 23.9 Å². The summed E-state index contributed by atoms with van der Waals surface area (Å²) in [5, 5.41) is 1.24. The fourth-order valence-corrected chi connectivity index (χ4v) is 6.78. The minimum Gasteiger partial charge on any atom is -0.492 e. The van der Waals surface area contributed by atoms with E-state index in [4.69, 9.17) is 23.4 Å². The second kappa shape index (κ2) is 16.8. The smallest absolute Gasteiger partial charge is 0.415 e. The van der Waals surface area contributed by atoms with E-state index in [1.165, 1.54) is 16.9 Å². The minimum atomic E-state index is -0.705. The highest BCUT2D eigenvalue weighted by molar-refractivity contribution is 6.14. The van der Waals surface area contributed by atoms with E-state index in [2.05, 4.69) is 4.98 Å². The van der Waals surface area contributed by atoms with Gasteiger partial charge in [0.25, 0.3) is 5.91 Å². The molecule has 0 radical (unpaired) electrons. The van der Waals surface area contributed by atoms with Crippen LogP contribution in [0.3, 0.4) is 0 Å². The van der Waals surface area contributed by atoms with Gasteiger partial charge >= 0.3 is 18.2 Å². The molecular weight excluding hydrogens is 718 g/mol. The van der Waals surface area contributed by atoms with Crippen molar-refractivity contribution >= 4 is 51.6 Å². The lowest BCUT2D eigenvalue weighted by Gasteiger charge is -2.22. The van der Waals surface area contributed by atoms with Gasteiger partial charge in [0, 0.05) is 68.7 Å². The van der Waals surface area contributed by atoms with Crippen molar-refractivity contribution < 1.29 is 42.5 Å². The van der Waals surface area contributed by atoms with Crippen molar-refractivity contribution in [3.63, 3.8) is 0 Å². The number of carbonyl (C=O) groups excluding carboxylic acids is 4. The quantitative estimate of drug-likeness (QED) is 0.123. The second-order valence-corrected chi connectivity index (χ2v) is 14.4. The number of aromatic amines is 1. The molecule has 6 rings (SSSR count). The van der Waals surface area contributed by atoms with E-state index in [-0.39, 0.29) is 43.0 Å². The third-order valence-corrected chi connectivity index (χ3v) is 10.1. The molecule has 2 aromatic heterocycles. The maximum absolute atomic E-state index is 14.3. The SMILES string of the molecule is CC[C@@H]1CN(C(=O)c2cc3cc(OCCN(C)C)ccc3o2)c2cc(OC(=O)N(C)CCN(C)C(=O)OCc3ccc(C)cc3)c3[nH]c(C)c(C(=O)OC)c3c21. The van der Waals surface area contributed by atoms with Crippen molar-refractivity contribution in [1.82, 2.24) is 19.7 Å². The topological polar surface area (TPSA) is 147 Å². The van der Waals surface area contributed by atoms with E-state index in [1.807, 2.05) is 63.2 Å². The molecule has 3 heterocycles. The number of methoxy groups -OCH3 is 1. The van der Waals surface area contributed by atoms with E-state index in [1.54, 1.807) is 50.2 Å². The first-order valence-electron chi connectivity index (χ1n) is 18.6. The van der Waals surface area contributed by atoms with Crippen LogP contribution < -0.4 is 14.4 Å². The van der Waals surface area contributed by atoms with Gasteiger partial charge in [0.2, 0.25) is 0 Å². The number of likely N-dealkylation sites (N-methyl/N-ethyl adjacent to an activating group) is 3. The lowest BCUT2D eigenvalue weighted by atomic mass is 9.93. The number of anilines is 1. The van der Waals surface area contributed by atoms with Gasteiger partial charge in [-0.3, -0.25) is 4.79 Å². The average molecular weight is 768 g/mol. The Labute approximate surface area is 325 Å². The van der Waals surface area contributed by atoms with Crippen LogP contribution in [0.2, 0.25) is 0 Å². The Morgan fingerprint density at radius 1 is 0.911 bits per heavy atom. The van der Waals surface area contributed by atoms with Crippen molar-refractivity contribution in [2.24, 2.45) is 0 Å². The summed E-state index contributed by atoms with van der Waals surface area (Å²) in [6.45, 7) is 7.75. The number of nitrogens with one attached hydrogen (secondary N) is 1. The Balaban J connectivity index is 1.25. The predicted octanol–water partition coefficient (Wildman–Crippen LogP) is 7.11. The zero-order chi connectivity index (χ0) is 40.3. The Bertz CT molecular complexity index is 2260. The molecule has 0 spiro atoms. The summed E-state index contributed by atoms with van der Waals surface area (Å²) in [7, 11) is 8.40. The molecule has 3 aromatic carbocycles. The first-order valence-corrected chi connectivity index (χ1v) is 18.6. The van der Waals surface area contributed by atoms with Gasteiger partial charge in [-0.05, 0) is 69.8 Å². The Kier molecular flexibility index (Phi) is 11.9. The molecule has 1 aliphatic rings. The number of aryl methyl sites for hydroxylation is 2. The number of nitrogens with zero attached hydrogens (tertiary/aromatic N) is 4. The van der Waals surface area contributed by atoms with E-state index >= 15 is 0 Å². The normalized spacial score (nSPS) is 13.6. The number of carbonyl (C=O) groups is 4. The Hall–Kier alpha value is -6.02. The molecule has 0 saturated carbocycles. The van der Waals surface area contributed by atoms with Gasteiger partial charge in [0.1, 0.15) is 24.5 Å². The van der Waals surface area contributed by atoms with Gasteiger partial charge in [-0.1, -0.05) is 36.8 Å². The van der Waals surface area contributed by atoms with Crippen LogP contribution in [0, 0.1) is 13.8 Å². The molecule has 14 nitrogen and oxygen atoms in total. The molecular formula is C42H49N5O9. The molecule has 1 atom stereocenters. The van der Waals surface area contributed by atoms with Crippen LogP contribution >= 0.6 is 0 Å². The first-order chi connectivity index (χ1) is 26.8. The summed E-state index contributed by atoms with van der Waals surface area (Å²) in [4.78, 5) is 63.4. The van der Waals surface area contributed by atoms with Gasteiger partial charge in [-0.15, -0.1) is 0 Å². The molecule has 0 fully saturated rings. The lowest BCUT2D eigenvalue weighted by molar-refractivity contribution is 0.0601. The largest absolute Gasteiger partial charge is 0.492 e. The summed E-state index contributed by atoms with van der Waals surface area (Å²) < 4.78 is 28.6. The third kappa shape index (κ3) is 8.30. The molecule has 3 amide bonds. The zero-order valence-electron chi connectivity index (χ0n) is 33.2. The number of hydrogen-bond donors (Lipinski definition) is 1. The van der Waals surface area contributed by atoms with Gasteiger partial charge < -0.3 is 47.9 Å². The predicted molar refractivity (Wildman–Crippen MR) is 212 cm³/mol. The molecule has 0 aliphatic carbocycles. The van der Waals surface area contributed by atoms with E-state index in [0.717, 1.165) is 28.6 Å². The monoisotopic (exact) mass is 767 g/mol. The van der Waals surface area contributed by atoms with E-state index in [9.17, 15) is 19.2 Å². The first kappa shape index (κ1) is 39.7. The molecule has 1 N–H and O–H groups in total. The third-order valence-electron chi connectivity index (χ3n) is 10.1. The minimum absolute atomic E-state index is 0.124. The molecule has 1 aliphatic heterocycles. The summed E-state index contributed by atoms with van der Waals surface area (Å²) in [6, 6.07) is 16.5. The van der Waals surface area contributed by atoms with Crippen LogP contribution in [0.15, 0.2) is 59.0 Å². The zero-order valence-corrected chi connectivity index (χ0v) is 33.2. The summed E-state index contributed by atoms with van der Waals surface area (Å²) in [6.07, 6.45) is -0.574. The molecule has 0 saturated heterocycles. The Morgan fingerprint density at radius 2 is 1.62 bits per heavy atom. The number of H-pyrrole nitrogens is 1. The summed E-state index contributed by atoms with van der Waals surface area (Å²) in [5.41, 5.74) is 5.03. The lowest BCUT2D eigenvalue weighted by Crippen LogP contribution is -2.38. The van der Waals surface area contributed by atoms with Crippen LogP contribution in [0.4, 0.5) is 15.3 Å². The molecule has 14 heteroatoms.